The second-order valence-corrected chi connectivity index (χ2v) is 7.61. The largest absolute Gasteiger partial charge is 0.334 e. The number of halogens is 1. The maximum atomic E-state index is 13.0. The molecule has 4 rings (SSSR count). The molecule has 1 N–H and O–H groups in total. The Morgan fingerprint density at radius 2 is 2.06 bits per heavy atom. The third kappa shape index (κ3) is 4.06. The number of aromatic nitrogens is 6. The van der Waals surface area contributed by atoms with E-state index in [9.17, 15) is 14.4 Å². The molecule has 0 aliphatic carbocycles. The molecule has 0 saturated heterocycles. The standard InChI is InChI=1S/C20H20ClN7O3/c1-3-6-27(9-16-24-15-7-12(21)4-5-13(15)19(30)25-16)17(29)10-28-11-22-18-14(20(28)31)8-23-26(18)2/h4-5,7-8,11H,3,6,9-10H2,1-2H3,(H,24,25,30). The fraction of sp³-hybridized carbons (Fsp3) is 0.300. The summed E-state index contributed by atoms with van der Waals surface area (Å²) in [5.41, 5.74) is 0.270. The van der Waals surface area contributed by atoms with Crippen LogP contribution in [0.4, 0.5) is 0 Å². The van der Waals surface area contributed by atoms with Crippen LogP contribution in [-0.4, -0.2) is 46.7 Å². The number of carbonyl (C=O) groups excluding carboxylic acids is 1. The van der Waals surface area contributed by atoms with Crippen molar-refractivity contribution in [2.45, 2.75) is 26.4 Å². The van der Waals surface area contributed by atoms with E-state index in [0.29, 0.717) is 45.7 Å². The first-order chi connectivity index (χ1) is 14.9. The van der Waals surface area contributed by atoms with E-state index < -0.39 is 0 Å². The number of nitrogens with one attached hydrogen (secondary N) is 1. The van der Waals surface area contributed by atoms with Gasteiger partial charge >= 0.3 is 0 Å². The number of carbonyl (C=O) groups is 1. The summed E-state index contributed by atoms with van der Waals surface area (Å²) in [5.74, 6) is 0.0533. The van der Waals surface area contributed by atoms with Crippen LogP contribution in [0.1, 0.15) is 19.2 Å². The van der Waals surface area contributed by atoms with Gasteiger partial charge in [-0.2, -0.15) is 5.10 Å². The first-order valence-electron chi connectivity index (χ1n) is 9.70. The lowest BCUT2D eigenvalue weighted by molar-refractivity contribution is -0.132. The fourth-order valence-corrected chi connectivity index (χ4v) is 3.57. The van der Waals surface area contributed by atoms with Crippen molar-refractivity contribution in [3.63, 3.8) is 0 Å². The van der Waals surface area contributed by atoms with Gasteiger partial charge in [-0.3, -0.25) is 23.6 Å². The summed E-state index contributed by atoms with van der Waals surface area (Å²) in [4.78, 5) is 51.0. The highest BCUT2D eigenvalue weighted by Gasteiger charge is 2.18. The number of aryl methyl sites for hydroxylation is 1. The van der Waals surface area contributed by atoms with Crippen molar-refractivity contribution in [2.75, 3.05) is 6.54 Å². The van der Waals surface area contributed by atoms with Crippen molar-refractivity contribution in [1.82, 2.24) is 34.2 Å². The molecule has 0 spiro atoms. The third-order valence-corrected chi connectivity index (χ3v) is 5.16. The number of aromatic amines is 1. The Morgan fingerprint density at radius 3 is 2.84 bits per heavy atom. The van der Waals surface area contributed by atoms with Crippen LogP contribution in [-0.2, 0) is 24.9 Å². The predicted molar refractivity (Wildman–Crippen MR) is 116 cm³/mol. The minimum atomic E-state index is -0.338. The minimum Gasteiger partial charge on any atom is -0.334 e. The van der Waals surface area contributed by atoms with Gasteiger partial charge in [0.2, 0.25) is 5.91 Å². The molecule has 160 valence electrons. The van der Waals surface area contributed by atoms with Crippen molar-refractivity contribution in [1.29, 1.82) is 0 Å². The van der Waals surface area contributed by atoms with Crippen LogP contribution in [0.15, 0.2) is 40.3 Å². The lowest BCUT2D eigenvalue weighted by atomic mass is 10.2. The average Bonchev–Trinajstić information content (AvgIpc) is 3.11. The van der Waals surface area contributed by atoms with Gasteiger partial charge in [-0.15, -0.1) is 0 Å². The number of fused-ring (bicyclic) bond motifs is 2. The molecule has 0 aliphatic heterocycles. The summed E-state index contributed by atoms with van der Waals surface area (Å²) in [7, 11) is 1.69. The molecule has 4 aromatic rings. The zero-order valence-corrected chi connectivity index (χ0v) is 17.8. The number of hydrogen-bond donors (Lipinski definition) is 1. The zero-order chi connectivity index (χ0) is 22.1. The maximum Gasteiger partial charge on any atom is 0.264 e. The summed E-state index contributed by atoms with van der Waals surface area (Å²) in [6, 6.07) is 4.84. The lowest BCUT2D eigenvalue weighted by Gasteiger charge is -2.22. The van der Waals surface area contributed by atoms with Crippen molar-refractivity contribution >= 4 is 39.4 Å². The molecule has 1 amide bonds. The van der Waals surface area contributed by atoms with E-state index in [-0.39, 0.29) is 30.1 Å². The van der Waals surface area contributed by atoms with Crippen LogP contribution in [0.5, 0.6) is 0 Å². The van der Waals surface area contributed by atoms with Crippen LogP contribution in [0, 0.1) is 0 Å². The van der Waals surface area contributed by atoms with Gasteiger partial charge in [-0.05, 0) is 24.6 Å². The van der Waals surface area contributed by atoms with E-state index in [1.165, 1.54) is 21.8 Å². The van der Waals surface area contributed by atoms with Gasteiger partial charge in [0.15, 0.2) is 5.65 Å². The van der Waals surface area contributed by atoms with Crippen LogP contribution in [0.2, 0.25) is 5.02 Å². The second-order valence-electron chi connectivity index (χ2n) is 7.17. The molecule has 10 nitrogen and oxygen atoms in total. The number of hydrogen-bond acceptors (Lipinski definition) is 6. The quantitative estimate of drug-likeness (QED) is 0.483. The Morgan fingerprint density at radius 1 is 1.26 bits per heavy atom. The molecular formula is C20H20ClN7O3. The normalized spacial score (nSPS) is 11.3. The second kappa shape index (κ2) is 8.31. The van der Waals surface area contributed by atoms with Crippen molar-refractivity contribution in [2.24, 2.45) is 7.05 Å². The molecule has 0 fully saturated rings. The Balaban J connectivity index is 1.61. The molecule has 0 aliphatic rings. The first kappa shape index (κ1) is 20.7. The summed E-state index contributed by atoms with van der Waals surface area (Å²) in [5, 5.41) is 5.26. The van der Waals surface area contributed by atoms with Gasteiger partial charge in [-0.25, -0.2) is 9.97 Å². The summed E-state index contributed by atoms with van der Waals surface area (Å²) < 4.78 is 2.76. The third-order valence-electron chi connectivity index (χ3n) is 4.93. The molecule has 11 heteroatoms. The maximum absolute atomic E-state index is 13.0. The molecule has 0 bridgehead atoms. The smallest absolute Gasteiger partial charge is 0.264 e. The molecule has 0 saturated carbocycles. The lowest BCUT2D eigenvalue weighted by Crippen LogP contribution is -2.37. The van der Waals surface area contributed by atoms with Crippen LogP contribution in [0.25, 0.3) is 21.9 Å². The minimum absolute atomic E-state index is 0.0989. The zero-order valence-electron chi connectivity index (χ0n) is 17.0. The van der Waals surface area contributed by atoms with E-state index >= 15 is 0 Å². The SMILES string of the molecule is CCCN(Cc1nc2cc(Cl)ccc2c(=O)[nH]1)C(=O)Cn1cnc2c(cnn2C)c1=O. The average molecular weight is 442 g/mol. The number of amides is 1. The summed E-state index contributed by atoms with van der Waals surface area (Å²) >= 11 is 6.02. The monoisotopic (exact) mass is 441 g/mol. The highest BCUT2D eigenvalue weighted by molar-refractivity contribution is 6.31. The molecule has 0 radical (unpaired) electrons. The summed E-state index contributed by atoms with van der Waals surface area (Å²) in [6.45, 7) is 2.29. The molecule has 31 heavy (non-hydrogen) atoms. The number of H-pyrrole nitrogens is 1. The molecular weight excluding hydrogens is 422 g/mol. The number of nitrogens with zero attached hydrogens (tertiary/aromatic N) is 6. The van der Waals surface area contributed by atoms with E-state index in [2.05, 4.69) is 20.1 Å². The van der Waals surface area contributed by atoms with Crippen molar-refractivity contribution < 1.29 is 4.79 Å². The van der Waals surface area contributed by atoms with Gasteiger partial charge in [0.05, 0.1) is 23.6 Å². The Kier molecular flexibility index (Phi) is 5.55. The Hall–Kier alpha value is -3.53. The topological polar surface area (TPSA) is 119 Å². The Bertz CT molecular complexity index is 1410. The number of rotatable bonds is 6. The van der Waals surface area contributed by atoms with Gasteiger partial charge in [0.1, 0.15) is 24.1 Å². The van der Waals surface area contributed by atoms with Gasteiger partial charge in [0.25, 0.3) is 11.1 Å². The molecule has 1 aromatic carbocycles. The summed E-state index contributed by atoms with van der Waals surface area (Å²) in [6.07, 6.45) is 3.47. The first-order valence-corrected chi connectivity index (χ1v) is 10.1. The predicted octanol–water partition coefficient (Wildman–Crippen LogP) is 1.46. The van der Waals surface area contributed by atoms with Crippen LogP contribution in [0.3, 0.4) is 0 Å². The molecule has 0 atom stereocenters. The Labute approximate surface area is 181 Å². The van der Waals surface area contributed by atoms with E-state index in [1.807, 2.05) is 6.92 Å². The van der Waals surface area contributed by atoms with E-state index in [4.69, 9.17) is 11.6 Å². The molecule has 0 unspecified atom stereocenters. The number of benzene rings is 1. The van der Waals surface area contributed by atoms with Gasteiger partial charge in [-0.1, -0.05) is 18.5 Å². The van der Waals surface area contributed by atoms with Gasteiger partial charge in [0, 0.05) is 18.6 Å². The van der Waals surface area contributed by atoms with E-state index in [0.717, 1.165) is 0 Å². The highest BCUT2D eigenvalue weighted by Crippen LogP contribution is 2.15. The van der Waals surface area contributed by atoms with Crippen LogP contribution >= 0.6 is 11.6 Å². The highest BCUT2D eigenvalue weighted by atomic mass is 35.5. The fourth-order valence-electron chi connectivity index (χ4n) is 3.40. The van der Waals surface area contributed by atoms with Crippen molar-refractivity contribution in [3.05, 3.63) is 62.3 Å². The van der Waals surface area contributed by atoms with Crippen molar-refractivity contribution in [3.8, 4) is 0 Å². The molecule has 3 aromatic heterocycles. The van der Waals surface area contributed by atoms with E-state index in [1.54, 1.807) is 30.1 Å². The molecule has 3 heterocycles. The van der Waals surface area contributed by atoms with Gasteiger partial charge < -0.3 is 9.88 Å². The van der Waals surface area contributed by atoms with Crippen LogP contribution < -0.4 is 11.1 Å².